The van der Waals surface area contributed by atoms with Crippen LogP contribution in [-0.2, 0) is 17.8 Å². The Kier molecular flexibility index (Phi) is 3.14. The first-order chi connectivity index (χ1) is 9.60. The lowest BCUT2D eigenvalue weighted by Crippen LogP contribution is -2.29. The van der Waals surface area contributed by atoms with Crippen molar-refractivity contribution in [3.8, 4) is 0 Å². The van der Waals surface area contributed by atoms with Crippen molar-refractivity contribution in [2.75, 3.05) is 4.90 Å². The largest absolute Gasteiger partial charge is 0.299 e. The zero-order valence-electron chi connectivity index (χ0n) is 11.3. The quantitative estimate of drug-likeness (QED) is 0.815. The Morgan fingerprint density at radius 1 is 1.30 bits per heavy atom. The number of hydrogen-bond donors (Lipinski definition) is 0. The topological polar surface area (TPSA) is 50.3 Å². The molecule has 1 amide bonds. The Morgan fingerprint density at radius 2 is 2.10 bits per heavy atom. The van der Waals surface area contributed by atoms with Gasteiger partial charge in [-0.3, -0.25) is 14.5 Å². The molecular weight excluding hydrogens is 272 g/mol. The molecule has 1 aromatic carbocycles. The summed E-state index contributed by atoms with van der Waals surface area (Å²) >= 11 is 1.54. The number of Topliss-reactive ketones (excluding diaryl/α,β-unsaturated/α-hetero) is 1. The van der Waals surface area contributed by atoms with E-state index in [0.29, 0.717) is 17.8 Å². The lowest BCUT2D eigenvalue weighted by Gasteiger charge is -2.15. The number of benzene rings is 1. The second kappa shape index (κ2) is 4.83. The van der Waals surface area contributed by atoms with Crippen molar-refractivity contribution in [1.29, 1.82) is 0 Å². The Labute approximate surface area is 121 Å². The van der Waals surface area contributed by atoms with Gasteiger partial charge in [-0.2, -0.15) is 0 Å². The highest BCUT2D eigenvalue weighted by Gasteiger charge is 2.36. The van der Waals surface area contributed by atoms with Crippen molar-refractivity contribution in [3.63, 3.8) is 0 Å². The number of aryl methyl sites for hydroxylation is 2. The minimum Gasteiger partial charge on any atom is -0.299 e. The van der Waals surface area contributed by atoms with Gasteiger partial charge in [-0.1, -0.05) is 13.0 Å². The Hall–Kier alpha value is -2.01. The van der Waals surface area contributed by atoms with Gasteiger partial charge < -0.3 is 0 Å². The minimum absolute atomic E-state index is 0.355. The molecule has 0 N–H and O–H groups in total. The van der Waals surface area contributed by atoms with Crippen LogP contribution in [0.3, 0.4) is 0 Å². The average Bonchev–Trinajstić information content (AvgIpc) is 2.96. The molecule has 1 aliphatic heterocycles. The highest BCUT2D eigenvalue weighted by molar-refractivity contribution is 7.09. The number of aromatic nitrogens is 1. The summed E-state index contributed by atoms with van der Waals surface area (Å²) in [5.74, 6) is -0.874. The van der Waals surface area contributed by atoms with E-state index in [1.165, 1.54) is 4.90 Å². The standard InChI is InChI=1S/C15H14N2O2S/c1-3-10-4-5-13-12(6-10)14(18)15(19)17(13)7-11-8-20-9(2)16-11/h4-6,8H,3,7H2,1-2H3. The van der Waals surface area contributed by atoms with Gasteiger partial charge in [0.05, 0.1) is 28.5 Å². The minimum atomic E-state index is -0.459. The number of nitrogens with zero attached hydrogens (tertiary/aromatic N) is 2. The highest BCUT2D eigenvalue weighted by atomic mass is 32.1. The number of rotatable bonds is 3. The van der Waals surface area contributed by atoms with E-state index in [1.54, 1.807) is 11.3 Å². The van der Waals surface area contributed by atoms with E-state index in [2.05, 4.69) is 4.98 Å². The first-order valence-electron chi connectivity index (χ1n) is 6.50. The summed E-state index contributed by atoms with van der Waals surface area (Å²) in [7, 11) is 0. The molecule has 1 aliphatic rings. The van der Waals surface area contributed by atoms with Crippen LogP contribution in [0.15, 0.2) is 23.6 Å². The van der Waals surface area contributed by atoms with Crippen molar-refractivity contribution in [2.24, 2.45) is 0 Å². The van der Waals surface area contributed by atoms with Crippen LogP contribution in [-0.4, -0.2) is 16.7 Å². The molecule has 0 unspecified atom stereocenters. The fourth-order valence-electron chi connectivity index (χ4n) is 2.37. The summed E-state index contributed by atoms with van der Waals surface area (Å²) in [6.07, 6.45) is 0.847. The second-order valence-electron chi connectivity index (χ2n) is 4.78. The molecule has 0 aliphatic carbocycles. The van der Waals surface area contributed by atoms with Crippen LogP contribution in [0.5, 0.6) is 0 Å². The van der Waals surface area contributed by atoms with E-state index in [1.807, 2.05) is 37.4 Å². The molecule has 20 heavy (non-hydrogen) atoms. The molecule has 0 fully saturated rings. The number of carbonyl (C=O) groups is 2. The van der Waals surface area contributed by atoms with Gasteiger partial charge in [-0.25, -0.2) is 4.98 Å². The second-order valence-corrected chi connectivity index (χ2v) is 5.85. The van der Waals surface area contributed by atoms with E-state index in [-0.39, 0.29) is 0 Å². The molecule has 4 nitrogen and oxygen atoms in total. The van der Waals surface area contributed by atoms with Gasteiger partial charge in [-0.15, -0.1) is 11.3 Å². The average molecular weight is 286 g/mol. The van der Waals surface area contributed by atoms with Crippen LogP contribution in [0.25, 0.3) is 0 Å². The van der Waals surface area contributed by atoms with E-state index < -0.39 is 11.7 Å². The Morgan fingerprint density at radius 3 is 2.75 bits per heavy atom. The molecule has 102 valence electrons. The number of thiazole rings is 1. The maximum Gasteiger partial charge on any atom is 0.299 e. The molecule has 2 aromatic rings. The molecule has 0 bridgehead atoms. The smallest absolute Gasteiger partial charge is 0.299 e. The molecule has 3 rings (SSSR count). The third-order valence-corrected chi connectivity index (χ3v) is 4.25. The number of fused-ring (bicyclic) bond motifs is 1. The molecule has 0 saturated heterocycles. The molecule has 0 spiro atoms. The summed E-state index contributed by atoms with van der Waals surface area (Å²) in [6.45, 7) is 4.30. The number of ketones is 1. The first-order valence-corrected chi connectivity index (χ1v) is 7.38. The number of carbonyl (C=O) groups excluding carboxylic acids is 2. The summed E-state index contributed by atoms with van der Waals surface area (Å²) in [5.41, 5.74) is 3.10. The van der Waals surface area contributed by atoms with Crippen molar-refractivity contribution in [2.45, 2.75) is 26.8 Å². The zero-order chi connectivity index (χ0) is 14.3. The molecule has 0 radical (unpaired) electrons. The number of hydrogen-bond acceptors (Lipinski definition) is 4. The van der Waals surface area contributed by atoms with Crippen LogP contribution in [0.2, 0.25) is 0 Å². The molecule has 5 heteroatoms. The predicted octanol–water partition coefficient (Wildman–Crippen LogP) is 2.74. The monoisotopic (exact) mass is 286 g/mol. The lowest BCUT2D eigenvalue weighted by atomic mass is 10.1. The third kappa shape index (κ3) is 2.04. The molecular formula is C15H14N2O2S. The van der Waals surface area contributed by atoms with Crippen LogP contribution in [0, 0.1) is 6.92 Å². The lowest BCUT2D eigenvalue weighted by molar-refractivity contribution is -0.114. The van der Waals surface area contributed by atoms with Crippen LogP contribution in [0.4, 0.5) is 5.69 Å². The fraction of sp³-hybridized carbons (Fsp3) is 0.267. The SMILES string of the molecule is CCc1ccc2c(c1)C(=O)C(=O)N2Cc1csc(C)n1. The van der Waals surface area contributed by atoms with E-state index >= 15 is 0 Å². The summed E-state index contributed by atoms with van der Waals surface area (Å²) < 4.78 is 0. The van der Waals surface area contributed by atoms with Crippen molar-refractivity contribution in [1.82, 2.24) is 4.98 Å². The molecule has 0 saturated carbocycles. The van der Waals surface area contributed by atoms with E-state index in [0.717, 1.165) is 22.7 Å². The van der Waals surface area contributed by atoms with Gasteiger partial charge in [0.2, 0.25) is 0 Å². The molecule has 0 atom stereocenters. The van der Waals surface area contributed by atoms with Crippen molar-refractivity contribution in [3.05, 3.63) is 45.4 Å². The maximum absolute atomic E-state index is 12.1. The van der Waals surface area contributed by atoms with Gasteiger partial charge in [0.15, 0.2) is 0 Å². The third-order valence-electron chi connectivity index (χ3n) is 3.43. The Balaban J connectivity index is 1.98. The van der Waals surface area contributed by atoms with Gasteiger partial charge in [0.1, 0.15) is 0 Å². The summed E-state index contributed by atoms with van der Waals surface area (Å²) in [6, 6.07) is 5.64. The van der Waals surface area contributed by atoms with Crippen molar-refractivity contribution < 1.29 is 9.59 Å². The number of amides is 1. The predicted molar refractivity (Wildman–Crippen MR) is 78.2 cm³/mol. The van der Waals surface area contributed by atoms with Gasteiger partial charge in [0, 0.05) is 5.38 Å². The van der Waals surface area contributed by atoms with Gasteiger partial charge in [0.25, 0.3) is 11.7 Å². The normalized spacial score (nSPS) is 14.0. The summed E-state index contributed by atoms with van der Waals surface area (Å²) in [5, 5.41) is 2.88. The number of anilines is 1. The molecule has 1 aromatic heterocycles. The first kappa shape index (κ1) is 13.0. The maximum atomic E-state index is 12.1. The van der Waals surface area contributed by atoms with Gasteiger partial charge >= 0.3 is 0 Å². The summed E-state index contributed by atoms with van der Waals surface area (Å²) in [4.78, 5) is 30.1. The highest BCUT2D eigenvalue weighted by Crippen LogP contribution is 2.31. The van der Waals surface area contributed by atoms with Crippen LogP contribution in [0.1, 0.15) is 33.5 Å². The van der Waals surface area contributed by atoms with Gasteiger partial charge in [-0.05, 0) is 31.0 Å². The van der Waals surface area contributed by atoms with Crippen LogP contribution < -0.4 is 4.90 Å². The van der Waals surface area contributed by atoms with Crippen LogP contribution >= 0.6 is 11.3 Å². The van der Waals surface area contributed by atoms with Crippen molar-refractivity contribution >= 4 is 28.7 Å². The zero-order valence-corrected chi connectivity index (χ0v) is 12.2. The fourth-order valence-corrected chi connectivity index (χ4v) is 2.97. The Bertz CT molecular complexity index is 706. The van der Waals surface area contributed by atoms with E-state index in [9.17, 15) is 9.59 Å². The van der Waals surface area contributed by atoms with E-state index in [4.69, 9.17) is 0 Å². The molecule has 2 heterocycles.